The molecule has 12 nitrogen and oxygen atoms in total. The van der Waals surface area contributed by atoms with Crippen molar-refractivity contribution in [3.05, 3.63) is 60.0 Å². The highest BCUT2D eigenvalue weighted by Gasteiger charge is 2.37. The number of aromatic nitrogens is 4. The summed E-state index contributed by atoms with van der Waals surface area (Å²) in [6, 6.07) is 12.0. The largest absolute Gasteiger partial charge is 0.364 e. The van der Waals surface area contributed by atoms with Crippen LogP contribution in [0.1, 0.15) is 47.7 Å². The van der Waals surface area contributed by atoms with E-state index in [-0.39, 0.29) is 23.6 Å². The van der Waals surface area contributed by atoms with Crippen molar-refractivity contribution in [3.8, 4) is 0 Å². The second-order valence-electron chi connectivity index (χ2n) is 10.5. The maximum Gasteiger partial charge on any atom is 0.324 e. The van der Waals surface area contributed by atoms with Gasteiger partial charge < -0.3 is 26.2 Å². The smallest absolute Gasteiger partial charge is 0.324 e. The van der Waals surface area contributed by atoms with Crippen LogP contribution in [0.5, 0.6) is 0 Å². The summed E-state index contributed by atoms with van der Waals surface area (Å²) in [6.45, 7) is 4.65. The summed E-state index contributed by atoms with van der Waals surface area (Å²) in [4.78, 5) is 39.9. The first-order valence-corrected chi connectivity index (χ1v) is 13.9. The zero-order chi connectivity index (χ0) is 27.5. The maximum atomic E-state index is 13.2. The van der Waals surface area contributed by atoms with Crippen molar-refractivity contribution in [1.82, 2.24) is 30.4 Å². The van der Waals surface area contributed by atoms with Crippen LogP contribution in [0.4, 0.5) is 27.9 Å². The second kappa shape index (κ2) is 11.4. The van der Waals surface area contributed by atoms with Crippen LogP contribution < -0.4 is 26.2 Å². The molecule has 0 saturated carbocycles. The number of amides is 3. The van der Waals surface area contributed by atoms with Gasteiger partial charge in [-0.2, -0.15) is 4.98 Å². The predicted molar refractivity (Wildman–Crippen MR) is 152 cm³/mol. The fourth-order valence-electron chi connectivity index (χ4n) is 5.87. The molecule has 12 heteroatoms. The molecule has 0 radical (unpaired) electrons. The SMILES string of the molecule is NC(=O)c1nnc(N2CCCC(N3CCN(c4cccnc4)C3=O)C2)nc1Nc1ccc(C2CCNCC2)cc1. The third-order valence-corrected chi connectivity index (χ3v) is 8.01. The van der Waals surface area contributed by atoms with Crippen LogP contribution in [0.2, 0.25) is 0 Å². The predicted octanol–water partition coefficient (Wildman–Crippen LogP) is 2.49. The number of carbonyl (C=O) groups excluding carboxylic acids is 2. The van der Waals surface area contributed by atoms with Crippen molar-refractivity contribution in [2.45, 2.75) is 37.6 Å². The third-order valence-electron chi connectivity index (χ3n) is 8.01. The zero-order valence-electron chi connectivity index (χ0n) is 22.4. The Bertz CT molecular complexity index is 1350. The van der Waals surface area contributed by atoms with Crippen LogP contribution in [0.15, 0.2) is 48.8 Å². The van der Waals surface area contributed by atoms with E-state index in [9.17, 15) is 9.59 Å². The van der Waals surface area contributed by atoms with Gasteiger partial charge in [-0.3, -0.25) is 14.7 Å². The van der Waals surface area contributed by atoms with E-state index < -0.39 is 5.91 Å². The van der Waals surface area contributed by atoms with E-state index in [1.54, 1.807) is 17.3 Å². The Morgan fingerprint density at radius 3 is 2.60 bits per heavy atom. The summed E-state index contributed by atoms with van der Waals surface area (Å²) in [5, 5.41) is 15.0. The van der Waals surface area contributed by atoms with Crippen molar-refractivity contribution in [3.63, 3.8) is 0 Å². The third kappa shape index (κ3) is 5.39. The van der Waals surface area contributed by atoms with E-state index >= 15 is 0 Å². The Morgan fingerprint density at radius 1 is 1.02 bits per heavy atom. The molecular formula is C28H34N10O2. The van der Waals surface area contributed by atoms with E-state index in [2.05, 4.69) is 42.9 Å². The Hall–Kier alpha value is -4.32. The van der Waals surface area contributed by atoms with Crippen LogP contribution >= 0.6 is 0 Å². The number of hydrogen-bond donors (Lipinski definition) is 3. The molecule has 3 aromatic rings. The van der Waals surface area contributed by atoms with Crippen molar-refractivity contribution >= 4 is 35.1 Å². The van der Waals surface area contributed by atoms with E-state index in [1.165, 1.54) is 5.56 Å². The molecule has 0 spiro atoms. The Balaban J connectivity index is 1.17. The lowest BCUT2D eigenvalue weighted by molar-refractivity contribution is 0.0995. The maximum absolute atomic E-state index is 13.2. The zero-order valence-corrected chi connectivity index (χ0v) is 22.4. The number of carbonyl (C=O) groups is 2. The molecule has 1 aromatic carbocycles. The van der Waals surface area contributed by atoms with Gasteiger partial charge >= 0.3 is 6.03 Å². The number of urea groups is 1. The average Bonchev–Trinajstić information content (AvgIpc) is 3.39. The summed E-state index contributed by atoms with van der Waals surface area (Å²) >= 11 is 0. The molecule has 1 unspecified atom stereocenters. The van der Waals surface area contributed by atoms with E-state index in [1.807, 2.05) is 34.1 Å². The van der Waals surface area contributed by atoms with Gasteiger partial charge in [-0.15, -0.1) is 10.2 Å². The topological polar surface area (TPSA) is 145 Å². The number of hydrogen-bond acceptors (Lipinski definition) is 9. The second-order valence-corrected chi connectivity index (χ2v) is 10.5. The molecule has 3 fully saturated rings. The van der Waals surface area contributed by atoms with E-state index in [0.29, 0.717) is 31.5 Å². The molecular weight excluding hydrogens is 508 g/mol. The number of piperidine rings is 2. The molecule has 6 rings (SSSR count). The van der Waals surface area contributed by atoms with Crippen LogP contribution in [0, 0.1) is 0 Å². The highest BCUT2D eigenvalue weighted by atomic mass is 16.2. The highest BCUT2D eigenvalue weighted by Crippen LogP contribution is 2.29. The number of primary amides is 1. The molecule has 1 atom stereocenters. The van der Waals surface area contributed by atoms with Gasteiger partial charge in [-0.25, -0.2) is 4.79 Å². The van der Waals surface area contributed by atoms with Gasteiger partial charge in [0.1, 0.15) is 0 Å². The van der Waals surface area contributed by atoms with Gasteiger partial charge in [-0.05, 0) is 74.5 Å². The van der Waals surface area contributed by atoms with Gasteiger partial charge in [-0.1, -0.05) is 12.1 Å². The fourth-order valence-corrected chi connectivity index (χ4v) is 5.87. The summed E-state index contributed by atoms with van der Waals surface area (Å²) < 4.78 is 0. The molecule has 2 aromatic heterocycles. The minimum Gasteiger partial charge on any atom is -0.364 e. The Morgan fingerprint density at radius 2 is 1.85 bits per heavy atom. The summed E-state index contributed by atoms with van der Waals surface area (Å²) in [5.41, 5.74) is 8.50. The number of nitrogens with zero attached hydrogens (tertiary/aromatic N) is 7. The normalized spacial score (nSPS) is 20.1. The number of nitrogens with one attached hydrogen (secondary N) is 2. The summed E-state index contributed by atoms with van der Waals surface area (Å²) in [6.07, 6.45) is 7.43. The van der Waals surface area contributed by atoms with Crippen molar-refractivity contribution in [2.75, 3.05) is 54.4 Å². The molecule has 4 N–H and O–H groups in total. The minimum absolute atomic E-state index is 0.0124. The number of nitrogens with two attached hydrogens (primary N) is 1. The number of rotatable bonds is 7. The van der Waals surface area contributed by atoms with Crippen LogP contribution in [-0.2, 0) is 0 Å². The monoisotopic (exact) mass is 542 g/mol. The van der Waals surface area contributed by atoms with E-state index in [4.69, 9.17) is 5.73 Å². The average molecular weight is 543 g/mol. The quantitative estimate of drug-likeness (QED) is 0.410. The molecule has 3 amide bonds. The minimum atomic E-state index is -0.699. The molecule has 3 saturated heterocycles. The van der Waals surface area contributed by atoms with Gasteiger partial charge in [0, 0.05) is 38.1 Å². The molecule has 3 aliphatic heterocycles. The Kier molecular flexibility index (Phi) is 7.41. The van der Waals surface area contributed by atoms with Crippen LogP contribution in [0.3, 0.4) is 0 Å². The van der Waals surface area contributed by atoms with Gasteiger partial charge in [0.15, 0.2) is 11.5 Å². The first kappa shape index (κ1) is 25.9. The standard InChI is InChI=1S/C28H34N10O2/c29-25(39)24-26(32-21-7-5-19(6-8-21)20-9-12-30-13-10-20)33-27(35-34-24)36-14-2-4-23(18-36)38-16-15-37(28(38)40)22-3-1-11-31-17-22/h1,3,5-8,11,17,20,23,30H,2,4,9-10,12-16,18H2,(H2,29,39)(H,32,33,35). The number of anilines is 4. The first-order chi connectivity index (χ1) is 19.6. The molecule has 3 aliphatic rings. The number of pyridine rings is 1. The lowest BCUT2D eigenvalue weighted by atomic mass is 9.90. The lowest BCUT2D eigenvalue weighted by Gasteiger charge is -2.37. The van der Waals surface area contributed by atoms with Crippen molar-refractivity contribution < 1.29 is 9.59 Å². The molecule has 208 valence electrons. The van der Waals surface area contributed by atoms with Gasteiger partial charge in [0.2, 0.25) is 5.95 Å². The highest BCUT2D eigenvalue weighted by molar-refractivity contribution is 5.96. The fraction of sp³-hybridized carbons (Fsp3) is 0.429. The van der Waals surface area contributed by atoms with Crippen molar-refractivity contribution in [2.24, 2.45) is 5.73 Å². The molecule has 0 bridgehead atoms. The summed E-state index contributed by atoms with van der Waals surface area (Å²) in [7, 11) is 0. The number of benzene rings is 1. The molecule has 0 aliphatic carbocycles. The Labute approximate surface area is 233 Å². The lowest BCUT2D eigenvalue weighted by Crippen LogP contribution is -2.50. The van der Waals surface area contributed by atoms with Crippen molar-refractivity contribution in [1.29, 1.82) is 0 Å². The molecule has 5 heterocycles. The van der Waals surface area contributed by atoms with Crippen LogP contribution in [-0.4, -0.2) is 82.3 Å². The summed E-state index contributed by atoms with van der Waals surface area (Å²) in [5.74, 6) is 0.526. The van der Waals surface area contributed by atoms with E-state index in [0.717, 1.165) is 56.7 Å². The van der Waals surface area contributed by atoms with Crippen LogP contribution in [0.25, 0.3) is 0 Å². The molecule has 40 heavy (non-hydrogen) atoms. The van der Waals surface area contributed by atoms with Gasteiger partial charge in [0.25, 0.3) is 5.91 Å². The van der Waals surface area contributed by atoms with Gasteiger partial charge in [0.05, 0.1) is 17.9 Å². The first-order valence-electron chi connectivity index (χ1n) is 13.9.